The fraction of sp³-hybridized carbons (Fsp3) is 0.462. The predicted octanol–water partition coefficient (Wildman–Crippen LogP) is 1.19. The number of nitrogens with two attached hydrogens (primary N) is 1. The van der Waals surface area contributed by atoms with Crippen molar-refractivity contribution < 1.29 is 4.79 Å². The largest absolute Gasteiger partial charge is 0.333 e. The van der Waals surface area contributed by atoms with Crippen molar-refractivity contribution in [1.29, 1.82) is 0 Å². The topological polar surface area (TPSA) is 46.3 Å². The number of amides is 1. The van der Waals surface area contributed by atoms with Crippen molar-refractivity contribution in [2.75, 3.05) is 18.1 Å². The summed E-state index contributed by atoms with van der Waals surface area (Å²) in [5.41, 5.74) is 8.53. The third-order valence-corrected chi connectivity index (χ3v) is 4.61. The maximum absolute atomic E-state index is 12.2. The second kappa shape index (κ2) is 4.35. The van der Waals surface area contributed by atoms with E-state index in [0.29, 0.717) is 6.42 Å². The van der Waals surface area contributed by atoms with Gasteiger partial charge >= 0.3 is 0 Å². The summed E-state index contributed by atoms with van der Waals surface area (Å²) in [6.07, 6.45) is 0.673. The van der Waals surface area contributed by atoms with Crippen LogP contribution in [0.2, 0.25) is 0 Å². The summed E-state index contributed by atoms with van der Waals surface area (Å²) in [5, 5.41) is 0. The summed E-state index contributed by atoms with van der Waals surface area (Å²) in [6, 6.07) is 8.18. The normalized spacial score (nSPS) is 28.3. The highest BCUT2D eigenvalue weighted by Crippen LogP contribution is 2.34. The van der Waals surface area contributed by atoms with Crippen LogP contribution in [0.15, 0.2) is 24.3 Å². The molecule has 2 heterocycles. The van der Waals surface area contributed by atoms with E-state index in [-0.39, 0.29) is 18.0 Å². The molecule has 3 nitrogen and oxygen atoms in total. The van der Waals surface area contributed by atoms with Crippen molar-refractivity contribution in [2.45, 2.75) is 18.5 Å². The first-order valence-corrected chi connectivity index (χ1v) is 7.14. The molecule has 0 bridgehead atoms. The predicted molar refractivity (Wildman–Crippen MR) is 69.9 cm³/mol. The van der Waals surface area contributed by atoms with Gasteiger partial charge in [-0.1, -0.05) is 24.3 Å². The number of thioether (sulfide) groups is 1. The zero-order valence-electron chi connectivity index (χ0n) is 9.63. The van der Waals surface area contributed by atoms with E-state index in [0.717, 1.165) is 18.1 Å². The lowest BCUT2D eigenvalue weighted by atomic mass is 9.98. The minimum Gasteiger partial charge on any atom is -0.333 e. The summed E-state index contributed by atoms with van der Waals surface area (Å²) in [6.45, 7) is 0.830. The Morgan fingerprint density at radius 1 is 1.35 bits per heavy atom. The minimum atomic E-state index is -0.371. The first kappa shape index (κ1) is 11.1. The fourth-order valence-corrected chi connectivity index (χ4v) is 3.78. The van der Waals surface area contributed by atoms with Gasteiger partial charge in [0.25, 0.3) is 0 Å². The Bertz CT molecular complexity index is 449. The van der Waals surface area contributed by atoms with E-state index < -0.39 is 0 Å². The first-order chi connectivity index (χ1) is 8.27. The van der Waals surface area contributed by atoms with Crippen molar-refractivity contribution in [3.63, 3.8) is 0 Å². The first-order valence-electron chi connectivity index (χ1n) is 5.99. The molecule has 0 unspecified atom stereocenters. The lowest BCUT2D eigenvalue weighted by Crippen LogP contribution is -2.47. The Balaban J connectivity index is 2.07. The van der Waals surface area contributed by atoms with Crippen LogP contribution in [0.25, 0.3) is 0 Å². The van der Waals surface area contributed by atoms with Gasteiger partial charge in [0.2, 0.25) is 5.91 Å². The quantitative estimate of drug-likeness (QED) is 0.750. The molecule has 0 saturated carbocycles. The number of benzene rings is 1. The molecule has 2 aliphatic heterocycles. The monoisotopic (exact) mass is 248 g/mol. The standard InChI is InChI=1S/C13H16N2OS/c14-11-7-9-3-1-2-4-10(9)12-8-17-6-5-15(12)13(11)16/h1-4,11-12H,5-8,14H2/t11-,12+/m1/s1. The Labute approximate surface area is 105 Å². The Kier molecular flexibility index (Phi) is 2.84. The Morgan fingerprint density at radius 2 is 2.18 bits per heavy atom. The minimum absolute atomic E-state index is 0.117. The molecule has 0 aliphatic carbocycles. The van der Waals surface area contributed by atoms with E-state index in [1.54, 1.807) is 0 Å². The van der Waals surface area contributed by atoms with Gasteiger partial charge < -0.3 is 10.6 Å². The molecule has 1 aromatic rings. The van der Waals surface area contributed by atoms with Gasteiger partial charge in [0, 0.05) is 18.1 Å². The van der Waals surface area contributed by atoms with Crippen molar-refractivity contribution in [1.82, 2.24) is 4.90 Å². The van der Waals surface area contributed by atoms with Gasteiger partial charge in [-0.25, -0.2) is 0 Å². The van der Waals surface area contributed by atoms with E-state index in [4.69, 9.17) is 5.73 Å². The summed E-state index contributed by atoms with van der Waals surface area (Å²) < 4.78 is 0. The zero-order valence-corrected chi connectivity index (χ0v) is 10.5. The van der Waals surface area contributed by atoms with Gasteiger partial charge in [0.1, 0.15) is 0 Å². The van der Waals surface area contributed by atoms with Crippen LogP contribution in [0.3, 0.4) is 0 Å². The van der Waals surface area contributed by atoms with E-state index in [1.807, 2.05) is 22.7 Å². The molecule has 2 atom stereocenters. The second-order valence-corrected chi connectivity index (χ2v) is 5.78. The summed E-state index contributed by atoms with van der Waals surface area (Å²) in [7, 11) is 0. The average molecular weight is 248 g/mol. The van der Waals surface area contributed by atoms with Crippen LogP contribution in [0.1, 0.15) is 17.2 Å². The number of fused-ring (bicyclic) bond motifs is 3. The maximum atomic E-state index is 12.2. The Morgan fingerprint density at radius 3 is 3.06 bits per heavy atom. The van der Waals surface area contributed by atoms with Gasteiger partial charge in [-0.05, 0) is 17.5 Å². The molecule has 90 valence electrons. The number of hydrogen-bond donors (Lipinski definition) is 1. The van der Waals surface area contributed by atoms with Crippen LogP contribution in [0, 0.1) is 0 Å². The van der Waals surface area contributed by atoms with Crippen LogP contribution in [0.4, 0.5) is 0 Å². The van der Waals surface area contributed by atoms with Crippen molar-refractivity contribution in [3.05, 3.63) is 35.4 Å². The molecular formula is C13H16N2OS. The fourth-order valence-electron chi connectivity index (χ4n) is 2.71. The summed E-state index contributed by atoms with van der Waals surface area (Å²) >= 11 is 1.92. The molecular weight excluding hydrogens is 232 g/mol. The van der Waals surface area contributed by atoms with Gasteiger partial charge in [0.05, 0.1) is 12.1 Å². The van der Waals surface area contributed by atoms with Crippen LogP contribution in [-0.2, 0) is 11.2 Å². The van der Waals surface area contributed by atoms with Crippen LogP contribution >= 0.6 is 11.8 Å². The number of carbonyl (C=O) groups excluding carboxylic acids is 1. The summed E-state index contributed by atoms with van der Waals surface area (Å²) in [5.74, 6) is 2.14. The van der Waals surface area contributed by atoms with Gasteiger partial charge in [-0.2, -0.15) is 11.8 Å². The third kappa shape index (κ3) is 1.85. The molecule has 1 amide bonds. The highest BCUT2D eigenvalue weighted by molar-refractivity contribution is 7.99. The molecule has 0 spiro atoms. The highest BCUT2D eigenvalue weighted by atomic mass is 32.2. The maximum Gasteiger partial charge on any atom is 0.240 e. The number of nitrogens with zero attached hydrogens (tertiary/aromatic N) is 1. The molecule has 1 saturated heterocycles. The van der Waals surface area contributed by atoms with Crippen molar-refractivity contribution in [2.24, 2.45) is 5.73 Å². The molecule has 2 aliphatic rings. The highest BCUT2D eigenvalue weighted by Gasteiger charge is 2.35. The Hall–Kier alpha value is -1.00. The van der Waals surface area contributed by atoms with Crippen LogP contribution in [0.5, 0.6) is 0 Å². The van der Waals surface area contributed by atoms with E-state index in [1.165, 1.54) is 11.1 Å². The number of hydrogen-bond acceptors (Lipinski definition) is 3. The molecule has 1 aromatic carbocycles. The molecule has 1 fully saturated rings. The van der Waals surface area contributed by atoms with Crippen molar-refractivity contribution >= 4 is 17.7 Å². The zero-order chi connectivity index (χ0) is 11.8. The van der Waals surface area contributed by atoms with Gasteiger partial charge in [-0.15, -0.1) is 0 Å². The van der Waals surface area contributed by atoms with E-state index >= 15 is 0 Å². The third-order valence-electron chi connectivity index (χ3n) is 3.58. The lowest BCUT2D eigenvalue weighted by Gasteiger charge is -2.35. The van der Waals surface area contributed by atoms with E-state index in [9.17, 15) is 4.79 Å². The van der Waals surface area contributed by atoms with Crippen LogP contribution in [-0.4, -0.2) is 34.9 Å². The van der Waals surface area contributed by atoms with Crippen molar-refractivity contribution in [3.8, 4) is 0 Å². The molecule has 0 radical (unpaired) electrons. The number of rotatable bonds is 0. The molecule has 0 aromatic heterocycles. The van der Waals surface area contributed by atoms with Gasteiger partial charge in [-0.3, -0.25) is 4.79 Å². The van der Waals surface area contributed by atoms with Gasteiger partial charge in [0.15, 0.2) is 0 Å². The second-order valence-electron chi connectivity index (χ2n) is 4.63. The molecule has 17 heavy (non-hydrogen) atoms. The van der Waals surface area contributed by atoms with E-state index in [2.05, 4.69) is 18.2 Å². The molecule has 4 heteroatoms. The SMILES string of the molecule is N[C@@H]1Cc2ccccc2[C@@H]2CSCCN2C1=O. The average Bonchev–Trinajstić information content (AvgIpc) is 2.48. The lowest BCUT2D eigenvalue weighted by molar-refractivity contribution is -0.134. The smallest absolute Gasteiger partial charge is 0.240 e. The van der Waals surface area contributed by atoms with Crippen LogP contribution < -0.4 is 5.73 Å². The molecule has 3 rings (SSSR count). The molecule has 2 N–H and O–H groups in total. The summed E-state index contributed by atoms with van der Waals surface area (Å²) in [4.78, 5) is 14.2. The number of carbonyl (C=O) groups is 1.